The van der Waals surface area contributed by atoms with Crippen LogP contribution in [0.15, 0.2) is 4.42 Å². The van der Waals surface area contributed by atoms with Gasteiger partial charge < -0.3 is 14.9 Å². The lowest BCUT2D eigenvalue weighted by atomic mass is 10.3. The van der Waals surface area contributed by atoms with Gasteiger partial charge in [-0.25, -0.2) is 0 Å². The van der Waals surface area contributed by atoms with Crippen molar-refractivity contribution in [3.05, 3.63) is 11.8 Å². The molecule has 2 N–H and O–H groups in total. The van der Waals surface area contributed by atoms with Gasteiger partial charge in [0.15, 0.2) is 0 Å². The van der Waals surface area contributed by atoms with Crippen molar-refractivity contribution < 1.29 is 9.15 Å². The van der Waals surface area contributed by atoms with Gasteiger partial charge in [0.1, 0.15) is 6.61 Å². The van der Waals surface area contributed by atoms with Crippen LogP contribution in [0.25, 0.3) is 0 Å². The quantitative estimate of drug-likeness (QED) is 0.660. The highest BCUT2D eigenvalue weighted by molar-refractivity contribution is 4.80. The van der Waals surface area contributed by atoms with Crippen molar-refractivity contribution in [3.63, 3.8) is 0 Å². The van der Waals surface area contributed by atoms with Gasteiger partial charge in [0.05, 0.1) is 0 Å². The zero-order valence-corrected chi connectivity index (χ0v) is 8.53. The molecule has 0 aliphatic carbocycles. The minimum Gasteiger partial charge on any atom is -0.423 e. The average Bonchev–Trinajstić information content (AvgIpc) is 2.63. The number of nitrogens with two attached hydrogens (primary N) is 1. The zero-order valence-electron chi connectivity index (χ0n) is 8.53. The summed E-state index contributed by atoms with van der Waals surface area (Å²) in [6, 6.07) is 0. The Morgan fingerprint density at radius 3 is 2.86 bits per heavy atom. The molecule has 5 heteroatoms. The second-order valence-corrected chi connectivity index (χ2v) is 3.03. The van der Waals surface area contributed by atoms with Crippen LogP contribution in [0.5, 0.6) is 0 Å². The Labute approximate surface area is 83.6 Å². The maximum atomic E-state index is 5.37. The molecule has 0 aromatic carbocycles. The van der Waals surface area contributed by atoms with Gasteiger partial charge in [-0.1, -0.05) is 6.92 Å². The zero-order chi connectivity index (χ0) is 10.2. The van der Waals surface area contributed by atoms with E-state index in [2.05, 4.69) is 17.1 Å². The van der Waals surface area contributed by atoms with E-state index in [9.17, 15) is 0 Å². The second kappa shape index (κ2) is 6.50. The number of hydrogen-bond donors (Lipinski definition) is 1. The van der Waals surface area contributed by atoms with Crippen molar-refractivity contribution in [2.45, 2.75) is 32.8 Å². The molecule has 0 atom stereocenters. The van der Waals surface area contributed by atoms with Crippen LogP contribution >= 0.6 is 0 Å². The van der Waals surface area contributed by atoms with Gasteiger partial charge in [0.2, 0.25) is 11.8 Å². The number of nitrogens with zero attached hydrogens (tertiary/aromatic N) is 2. The summed E-state index contributed by atoms with van der Waals surface area (Å²) in [7, 11) is 0. The Morgan fingerprint density at radius 1 is 1.36 bits per heavy atom. The minimum absolute atomic E-state index is 0.406. The van der Waals surface area contributed by atoms with E-state index in [1.807, 2.05) is 0 Å². The van der Waals surface area contributed by atoms with Crippen LogP contribution in [-0.4, -0.2) is 23.3 Å². The molecular weight excluding hydrogens is 182 g/mol. The highest BCUT2D eigenvalue weighted by Crippen LogP contribution is 2.03. The number of ether oxygens (including phenoxy) is 1. The van der Waals surface area contributed by atoms with Gasteiger partial charge in [-0.05, 0) is 19.4 Å². The third-order valence-electron chi connectivity index (χ3n) is 1.68. The van der Waals surface area contributed by atoms with E-state index in [0.29, 0.717) is 24.9 Å². The van der Waals surface area contributed by atoms with Crippen LogP contribution in [-0.2, 0) is 17.8 Å². The molecule has 0 saturated heterocycles. The molecule has 0 aliphatic heterocycles. The Balaban J connectivity index is 2.27. The van der Waals surface area contributed by atoms with Crippen LogP contribution < -0.4 is 5.73 Å². The molecular formula is C9H17N3O2. The van der Waals surface area contributed by atoms with Gasteiger partial charge in [-0.2, -0.15) is 0 Å². The lowest BCUT2D eigenvalue weighted by molar-refractivity contribution is 0.102. The van der Waals surface area contributed by atoms with E-state index >= 15 is 0 Å². The Hall–Kier alpha value is -0.940. The SMILES string of the molecule is CCCOCc1nnc(CCCN)o1. The predicted octanol–water partition coefficient (Wildman–Crippen LogP) is 0.887. The highest BCUT2D eigenvalue weighted by atomic mass is 16.5. The van der Waals surface area contributed by atoms with Gasteiger partial charge in [0, 0.05) is 13.0 Å². The number of aryl methyl sites for hydroxylation is 1. The molecule has 1 rings (SSSR count). The molecule has 5 nitrogen and oxygen atoms in total. The first-order valence-corrected chi connectivity index (χ1v) is 4.96. The molecule has 0 fully saturated rings. The van der Waals surface area contributed by atoms with Gasteiger partial charge >= 0.3 is 0 Å². The van der Waals surface area contributed by atoms with Crippen molar-refractivity contribution in [1.29, 1.82) is 0 Å². The highest BCUT2D eigenvalue weighted by Gasteiger charge is 2.04. The molecule has 0 aliphatic rings. The maximum absolute atomic E-state index is 5.37. The van der Waals surface area contributed by atoms with Crippen molar-refractivity contribution >= 4 is 0 Å². The van der Waals surface area contributed by atoms with Crippen molar-refractivity contribution in [1.82, 2.24) is 10.2 Å². The van der Waals surface area contributed by atoms with Crippen LogP contribution in [0, 0.1) is 0 Å². The van der Waals surface area contributed by atoms with E-state index in [0.717, 1.165) is 25.9 Å². The Bertz CT molecular complexity index is 250. The molecule has 1 aromatic rings. The summed E-state index contributed by atoms with van der Waals surface area (Å²) in [5, 5.41) is 7.74. The summed E-state index contributed by atoms with van der Waals surface area (Å²) in [6.07, 6.45) is 2.61. The first-order chi connectivity index (χ1) is 6.86. The third kappa shape index (κ3) is 3.85. The largest absolute Gasteiger partial charge is 0.423 e. The summed E-state index contributed by atoms with van der Waals surface area (Å²) in [5.74, 6) is 1.19. The average molecular weight is 199 g/mol. The topological polar surface area (TPSA) is 74.2 Å². The normalized spacial score (nSPS) is 10.7. The van der Waals surface area contributed by atoms with E-state index in [1.54, 1.807) is 0 Å². The van der Waals surface area contributed by atoms with E-state index in [1.165, 1.54) is 0 Å². The van der Waals surface area contributed by atoms with Crippen LogP contribution in [0.1, 0.15) is 31.5 Å². The van der Waals surface area contributed by atoms with Crippen LogP contribution in [0.2, 0.25) is 0 Å². The van der Waals surface area contributed by atoms with Gasteiger partial charge in [-0.15, -0.1) is 10.2 Å². The molecule has 0 radical (unpaired) electrons. The molecule has 0 spiro atoms. The van der Waals surface area contributed by atoms with Gasteiger partial charge in [0.25, 0.3) is 0 Å². The first kappa shape index (κ1) is 11.1. The Morgan fingerprint density at radius 2 is 2.14 bits per heavy atom. The fraction of sp³-hybridized carbons (Fsp3) is 0.778. The van der Waals surface area contributed by atoms with Crippen LogP contribution in [0.3, 0.4) is 0 Å². The summed E-state index contributed by atoms with van der Waals surface area (Å²) in [4.78, 5) is 0. The fourth-order valence-corrected chi connectivity index (χ4v) is 1.00. The molecule has 14 heavy (non-hydrogen) atoms. The number of rotatable bonds is 7. The van der Waals surface area contributed by atoms with Gasteiger partial charge in [-0.3, -0.25) is 0 Å². The number of hydrogen-bond acceptors (Lipinski definition) is 5. The minimum atomic E-state index is 0.406. The first-order valence-electron chi connectivity index (χ1n) is 4.96. The fourth-order valence-electron chi connectivity index (χ4n) is 1.00. The summed E-state index contributed by atoms with van der Waals surface area (Å²) >= 11 is 0. The summed E-state index contributed by atoms with van der Waals surface area (Å²) < 4.78 is 10.6. The third-order valence-corrected chi connectivity index (χ3v) is 1.68. The van der Waals surface area contributed by atoms with Crippen molar-refractivity contribution in [3.8, 4) is 0 Å². The van der Waals surface area contributed by atoms with E-state index in [-0.39, 0.29) is 0 Å². The van der Waals surface area contributed by atoms with Crippen molar-refractivity contribution in [2.75, 3.05) is 13.2 Å². The second-order valence-electron chi connectivity index (χ2n) is 3.03. The monoisotopic (exact) mass is 199 g/mol. The lowest BCUT2D eigenvalue weighted by Crippen LogP contribution is -2.00. The molecule has 0 saturated carbocycles. The molecule has 1 aromatic heterocycles. The molecule has 1 heterocycles. The smallest absolute Gasteiger partial charge is 0.242 e. The number of aromatic nitrogens is 2. The van der Waals surface area contributed by atoms with Crippen molar-refractivity contribution in [2.24, 2.45) is 5.73 Å². The molecule has 80 valence electrons. The molecule has 0 unspecified atom stereocenters. The Kier molecular flexibility index (Phi) is 5.17. The molecule has 0 bridgehead atoms. The maximum Gasteiger partial charge on any atom is 0.242 e. The molecule has 0 amide bonds. The van der Waals surface area contributed by atoms with E-state index < -0.39 is 0 Å². The van der Waals surface area contributed by atoms with E-state index in [4.69, 9.17) is 14.9 Å². The summed E-state index contributed by atoms with van der Waals surface area (Å²) in [6.45, 7) is 3.83. The standard InChI is InChI=1S/C9H17N3O2/c1-2-6-13-7-9-12-11-8(14-9)4-3-5-10/h2-7,10H2,1H3. The predicted molar refractivity (Wildman–Crippen MR) is 51.6 cm³/mol. The van der Waals surface area contributed by atoms with Crippen LogP contribution in [0.4, 0.5) is 0 Å². The lowest BCUT2D eigenvalue weighted by Gasteiger charge is -1.96. The summed E-state index contributed by atoms with van der Waals surface area (Å²) in [5.41, 5.74) is 5.37.